The molecular weight excluding hydrogens is 428 g/mol. The molecule has 0 spiro atoms. The molecule has 1 aromatic carbocycles. The third-order valence-corrected chi connectivity index (χ3v) is 8.06. The molecule has 4 rings (SSSR count). The number of rotatable bonds is 6. The van der Waals surface area contributed by atoms with E-state index < -0.39 is 15.1 Å². The Morgan fingerprint density at radius 3 is 2.50 bits per heavy atom. The molecule has 2 aromatic heterocycles. The highest BCUT2D eigenvalue weighted by atomic mass is 32.2. The first kappa shape index (κ1) is 22.3. The number of anilines is 1. The molecule has 0 unspecified atom stereocenters. The van der Waals surface area contributed by atoms with Crippen LogP contribution in [0.25, 0.3) is 22.8 Å². The minimum absolute atomic E-state index is 0. The van der Waals surface area contributed by atoms with Gasteiger partial charge in [-0.2, -0.15) is 0 Å². The van der Waals surface area contributed by atoms with E-state index in [0.717, 1.165) is 31.5 Å². The Bertz CT molecular complexity index is 1200. The number of benzene rings is 1. The fraction of sp³-hybridized carbons (Fsp3) is 0.455. The minimum atomic E-state index is -3.33. The van der Waals surface area contributed by atoms with Gasteiger partial charge in [-0.15, -0.1) is 5.10 Å². The maximum Gasteiger partial charge on any atom is 0.318 e. The van der Waals surface area contributed by atoms with Crippen molar-refractivity contribution in [1.29, 1.82) is 0 Å². The van der Waals surface area contributed by atoms with Crippen LogP contribution >= 0.6 is 0 Å². The van der Waals surface area contributed by atoms with Crippen LogP contribution in [-0.4, -0.2) is 53.5 Å². The summed E-state index contributed by atoms with van der Waals surface area (Å²) in [5.74, 6) is 0.854. The Balaban J connectivity index is 0.00000204. The lowest BCUT2D eigenvalue weighted by Crippen LogP contribution is -2.36. The van der Waals surface area contributed by atoms with E-state index in [0.29, 0.717) is 41.4 Å². The summed E-state index contributed by atoms with van der Waals surface area (Å²) in [5, 5.41) is 7.93. The van der Waals surface area contributed by atoms with Crippen molar-refractivity contribution in [3.8, 4) is 22.8 Å². The van der Waals surface area contributed by atoms with E-state index in [1.807, 2.05) is 6.92 Å². The van der Waals surface area contributed by atoms with Crippen molar-refractivity contribution >= 4 is 15.9 Å². The molecule has 3 heterocycles. The Kier molecular flexibility index (Phi) is 6.25. The fourth-order valence-electron chi connectivity index (χ4n) is 3.68. The second-order valence-corrected chi connectivity index (χ2v) is 10.9. The molecule has 10 heteroatoms. The molecule has 2 N–H and O–H groups in total. The molecule has 0 atom stereocenters. The molecular formula is C22H34N6O3S. The first-order valence-corrected chi connectivity index (χ1v) is 12.3. The highest BCUT2D eigenvalue weighted by molar-refractivity contribution is 7.92. The number of nitrogens with zero attached hydrogens (tertiary/aromatic N) is 5. The Morgan fingerprint density at radius 1 is 1.19 bits per heavy atom. The lowest BCUT2D eigenvalue weighted by atomic mass is 9.97. The van der Waals surface area contributed by atoms with Gasteiger partial charge in [-0.05, 0) is 58.2 Å². The van der Waals surface area contributed by atoms with Gasteiger partial charge in [-0.25, -0.2) is 13.4 Å². The Morgan fingerprint density at radius 2 is 1.88 bits per heavy atom. The van der Waals surface area contributed by atoms with Gasteiger partial charge < -0.3 is 15.1 Å². The van der Waals surface area contributed by atoms with Gasteiger partial charge in [-0.1, -0.05) is 17.2 Å². The van der Waals surface area contributed by atoms with Crippen molar-refractivity contribution < 1.29 is 17.1 Å². The molecule has 1 fully saturated rings. The third kappa shape index (κ3) is 4.37. The van der Waals surface area contributed by atoms with E-state index in [-0.39, 0.29) is 9.18 Å². The molecule has 0 amide bonds. The third-order valence-electron chi connectivity index (χ3n) is 5.89. The van der Waals surface area contributed by atoms with Crippen molar-refractivity contribution in [2.24, 2.45) is 11.7 Å². The van der Waals surface area contributed by atoms with Crippen molar-refractivity contribution in [3.63, 3.8) is 0 Å². The van der Waals surface area contributed by atoms with Crippen LogP contribution in [0.2, 0.25) is 0 Å². The van der Waals surface area contributed by atoms with Gasteiger partial charge in [0.1, 0.15) is 5.69 Å². The molecule has 1 aliphatic rings. The molecule has 1 saturated heterocycles. The van der Waals surface area contributed by atoms with Crippen molar-refractivity contribution in [2.45, 2.75) is 43.8 Å². The van der Waals surface area contributed by atoms with Gasteiger partial charge >= 0.3 is 6.01 Å². The summed E-state index contributed by atoms with van der Waals surface area (Å²) in [5.41, 5.74) is 8.31. The van der Waals surface area contributed by atoms with Crippen LogP contribution in [0, 0.1) is 12.8 Å². The van der Waals surface area contributed by atoms with Gasteiger partial charge in [0.25, 0.3) is 5.89 Å². The summed E-state index contributed by atoms with van der Waals surface area (Å²) in [4.78, 5) is 11.5. The topological polar surface area (TPSA) is 128 Å². The summed E-state index contributed by atoms with van der Waals surface area (Å²) < 4.78 is 30.7. The van der Waals surface area contributed by atoms with E-state index in [9.17, 15) is 8.42 Å². The predicted molar refractivity (Wildman–Crippen MR) is 128 cm³/mol. The smallest absolute Gasteiger partial charge is 0.318 e. The van der Waals surface area contributed by atoms with Gasteiger partial charge in [0.15, 0.2) is 9.84 Å². The first-order valence-electron chi connectivity index (χ1n) is 10.8. The average Bonchev–Trinajstić information content (AvgIpc) is 3.29. The van der Waals surface area contributed by atoms with Crippen molar-refractivity contribution in [1.82, 2.24) is 20.2 Å². The van der Waals surface area contributed by atoms with Gasteiger partial charge in [0.05, 0.1) is 27.7 Å². The van der Waals surface area contributed by atoms with Crippen LogP contribution in [0.5, 0.6) is 0 Å². The lowest BCUT2D eigenvalue weighted by molar-refractivity contribution is 0.396. The van der Waals surface area contributed by atoms with E-state index in [1.165, 1.54) is 0 Å². The zero-order valence-electron chi connectivity index (χ0n) is 18.5. The van der Waals surface area contributed by atoms with E-state index >= 15 is 0 Å². The Hall–Kier alpha value is -2.85. The molecule has 0 aliphatic carbocycles. The van der Waals surface area contributed by atoms with Gasteiger partial charge in [0, 0.05) is 22.9 Å². The highest BCUT2D eigenvalue weighted by Crippen LogP contribution is 2.28. The van der Waals surface area contributed by atoms with Gasteiger partial charge in [-0.3, -0.25) is 4.98 Å². The number of piperidine rings is 1. The number of sulfone groups is 1. The Labute approximate surface area is 192 Å². The molecule has 9 nitrogen and oxygen atoms in total. The molecule has 32 heavy (non-hydrogen) atoms. The van der Waals surface area contributed by atoms with Crippen molar-refractivity contribution in [2.75, 3.05) is 24.5 Å². The van der Waals surface area contributed by atoms with Crippen LogP contribution in [0.4, 0.5) is 6.01 Å². The summed E-state index contributed by atoms with van der Waals surface area (Å²) in [6.45, 7) is 7.54. The summed E-state index contributed by atoms with van der Waals surface area (Å²) in [6, 6.07) is 7.15. The number of hydrogen-bond donors (Lipinski definition) is 1. The van der Waals surface area contributed by atoms with Crippen molar-refractivity contribution in [3.05, 3.63) is 36.2 Å². The van der Waals surface area contributed by atoms with Crippen LogP contribution in [0.1, 0.15) is 36.7 Å². The van der Waals surface area contributed by atoms with Crippen LogP contribution < -0.4 is 10.6 Å². The molecule has 1 aliphatic heterocycles. The first-order chi connectivity index (χ1) is 15.3. The average molecular weight is 463 g/mol. The number of hydrogen-bond acceptors (Lipinski definition) is 9. The van der Waals surface area contributed by atoms with Gasteiger partial charge in [0.2, 0.25) is 0 Å². The zero-order chi connectivity index (χ0) is 22.9. The fourth-order valence-corrected chi connectivity index (χ4v) is 4.74. The maximum absolute atomic E-state index is 12.4. The number of aromatic nitrogens is 4. The monoisotopic (exact) mass is 462 g/mol. The second-order valence-electron chi connectivity index (χ2n) is 8.36. The standard InChI is InChI=1S/C22H28N6O3S.3H2/c1-14(2)32(29,30)18-6-4-17(5-7-18)19-13-24-15(3)20(25-19)21-26-27-22(31-21)28-10-8-16(12-23)9-11-28;;;/h4-7,13-14,16H,8-12,23H2,1-3H3;3*1H. The summed E-state index contributed by atoms with van der Waals surface area (Å²) in [7, 11) is -3.33. The van der Waals surface area contributed by atoms with E-state index in [4.69, 9.17) is 10.2 Å². The van der Waals surface area contributed by atoms with Crippen LogP contribution in [-0.2, 0) is 9.84 Å². The number of nitrogens with two attached hydrogens (primary N) is 1. The van der Waals surface area contributed by atoms with Crippen LogP contribution in [0.15, 0.2) is 39.8 Å². The lowest BCUT2D eigenvalue weighted by Gasteiger charge is -2.29. The zero-order valence-corrected chi connectivity index (χ0v) is 19.3. The molecule has 0 bridgehead atoms. The second kappa shape index (κ2) is 8.95. The molecule has 0 radical (unpaired) electrons. The molecule has 176 valence electrons. The number of aryl methyl sites for hydroxylation is 1. The van der Waals surface area contributed by atoms with E-state index in [1.54, 1.807) is 44.3 Å². The molecule has 0 saturated carbocycles. The van der Waals surface area contributed by atoms with E-state index in [2.05, 4.69) is 25.1 Å². The largest absolute Gasteiger partial charge is 0.401 e. The minimum Gasteiger partial charge on any atom is -0.401 e. The summed E-state index contributed by atoms with van der Waals surface area (Å²) in [6.07, 6.45) is 3.66. The normalized spacial score (nSPS) is 15.5. The predicted octanol–water partition coefficient (Wildman–Crippen LogP) is 3.60. The maximum atomic E-state index is 12.4. The summed E-state index contributed by atoms with van der Waals surface area (Å²) >= 11 is 0. The van der Waals surface area contributed by atoms with Crippen LogP contribution in [0.3, 0.4) is 0 Å². The molecule has 3 aromatic rings. The SMILES string of the molecule is Cc1ncc(-c2ccc(S(=O)(=O)C(C)C)cc2)nc1-c1nnc(N2CCC(CN)CC2)o1.[HH].[HH].[HH]. The highest BCUT2D eigenvalue weighted by Gasteiger charge is 2.24. The quantitative estimate of drug-likeness (QED) is 0.584.